The van der Waals surface area contributed by atoms with Crippen LogP contribution in [-0.2, 0) is 4.79 Å². The highest BCUT2D eigenvalue weighted by Crippen LogP contribution is 2.27. The molecule has 1 aromatic carbocycles. The zero-order valence-corrected chi connectivity index (χ0v) is 11.7. The summed E-state index contributed by atoms with van der Waals surface area (Å²) in [6, 6.07) is 9.60. The van der Waals surface area contributed by atoms with Crippen molar-refractivity contribution in [2.45, 2.75) is 12.8 Å². The zero-order valence-electron chi connectivity index (χ0n) is 10.9. The Balaban J connectivity index is 0.00000180. The summed E-state index contributed by atoms with van der Waals surface area (Å²) in [6.07, 6.45) is 2.61. The van der Waals surface area contributed by atoms with Gasteiger partial charge in [-0.2, -0.15) is 0 Å². The lowest BCUT2D eigenvalue weighted by Gasteiger charge is -2.08. The van der Waals surface area contributed by atoms with E-state index in [-0.39, 0.29) is 18.3 Å². The highest BCUT2D eigenvalue weighted by molar-refractivity contribution is 5.85. The van der Waals surface area contributed by atoms with Crippen LogP contribution in [-0.4, -0.2) is 32.1 Å². The third kappa shape index (κ3) is 7.03. The minimum Gasteiger partial charge on any atom is -0.492 e. The Labute approximate surface area is 120 Å². The minimum atomic E-state index is 0. The fourth-order valence-corrected chi connectivity index (χ4v) is 1.65. The van der Waals surface area contributed by atoms with Crippen molar-refractivity contribution in [3.05, 3.63) is 30.3 Å². The van der Waals surface area contributed by atoms with E-state index in [1.165, 1.54) is 12.8 Å². The van der Waals surface area contributed by atoms with Crippen molar-refractivity contribution in [1.29, 1.82) is 0 Å². The van der Waals surface area contributed by atoms with Crippen LogP contribution < -0.4 is 15.4 Å². The van der Waals surface area contributed by atoms with Gasteiger partial charge in [-0.05, 0) is 37.4 Å². The Hall–Kier alpha value is -1.26. The molecule has 2 rings (SSSR count). The molecular formula is C14H21ClN2O2. The molecule has 2 N–H and O–H groups in total. The number of nitrogens with one attached hydrogen (secondary N) is 2. The van der Waals surface area contributed by atoms with Gasteiger partial charge in [0.2, 0.25) is 5.91 Å². The Morgan fingerprint density at radius 1 is 1.26 bits per heavy atom. The van der Waals surface area contributed by atoms with Gasteiger partial charge in [0.25, 0.3) is 0 Å². The zero-order chi connectivity index (χ0) is 12.6. The summed E-state index contributed by atoms with van der Waals surface area (Å²) in [5.74, 6) is 1.67. The van der Waals surface area contributed by atoms with Crippen LogP contribution >= 0.6 is 12.4 Å². The van der Waals surface area contributed by atoms with Gasteiger partial charge in [0.05, 0.1) is 13.1 Å². The van der Waals surface area contributed by atoms with E-state index in [1.54, 1.807) is 0 Å². The van der Waals surface area contributed by atoms with Gasteiger partial charge in [-0.15, -0.1) is 12.4 Å². The number of hydrogen-bond donors (Lipinski definition) is 2. The largest absolute Gasteiger partial charge is 0.492 e. The summed E-state index contributed by atoms with van der Waals surface area (Å²) in [5.41, 5.74) is 0. The molecule has 0 radical (unpaired) electrons. The second-order valence-electron chi connectivity index (χ2n) is 4.59. The molecule has 4 nitrogen and oxygen atoms in total. The summed E-state index contributed by atoms with van der Waals surface area (Å²) in [6.45, 7) is 2.41. The summed E-state index contributed by atoms with van der Waals surface area (Å²) in [5, 5.41) is 5.97. The van der Waals surface area contributed by atoms with Gasteiger partial charge in [-0.3, -0.25) is 4.79 Å². The van der Waals surface area contributed by atoms with E-state index in [1.807, 2.05) is 30.3 Å². The number of ether oxygens (including phenoxy) is 1. The van der Waals surface area contributed by atoms with Crippen LogP contribution in [0.4, 0.5) is 0 Å². The molecule has 0 bridgehead atoms. The molecule has 0 unspecified atom stereocenters. The van der Waals surface area contributed by atoms with Crippen LogP contribution in [0.3, 0.4) is 0 Å². The van der Waals surface area contributed by atoms with Gasteiger partial charge in [0.1, 0.15) is 12.4 Å². The average Bonchev–Trinajstić information content (AvgIpc) is 3.20. The van der Waals surface area contributed by atoms with Gasteiger partial charge in [-0.25, -0.2) is 0 Å². The maximum absolute atomic E-state index is 11.4. The number of para-hydroxylation sites is 1. The molecule has 106 valence electrons. The number of benzene rings is 1. The van der Waals surface area contributed by atoms with Crippen molar-refractivity contribution in [3.63, 3.8) is 0 Å². The van der Waals surface area contributed by atoms with Gasteiger partial charge >= 0.3 is 0 Å². The van der Waals surface area contributed by atoms with Crippen LogP contribution in [0.2, 0.25) is 0 Å². The van der Waals surface area contributed by atoms with E-state index in [4.69, 9.17) is 4.74 Å². The second kappa shape index (κ2) is 8.77. The first-order chi connectivity index (χ1) is 8.84. The van der Waals surface area contributed by atoms with E-state index in [2.05, 4.69) is 10.6 Å². The monoisotopic (exact) mass is 284 g/mol. The fourth-order valence-electron chi connectivity index (χ4n) is 1.65. The van der Waals surface area contributed by atoms with Crippen LogP contribution in [0.1, 0.15) is 12.8 Å². The molecule has 1 fully saturated rings. The van der Waals surface area contributed by atoms with E-state index < -0.39 is 0 Å². The molecule has 0 spiro atoms. The summed E-state index contributed by atoms with van der Waals surface area (Å²) < 4.78 is 5.47. The quantitative estimate of drug-likeness (QED) is 0.713. The summed E-state index contributed by atoms with van der Waals surface area (Å²) in [7, 11) is 0. The molecule has 1 saturated carbocycles. The number of rotatable bonds is 8. The molecule has 0 heterocycles. The second-order valence-corrected chi connectivity index (χ2v) is 4.59. The summed E-state index contributed by atoms with van der Waals surface area (Å²) >= 11 is 0. The standard InChI is InChI=1S/C14H20N2O2.ClH/c17-14(11-15-10-12-6-7-12)16-8-9-18-13-4-2-1-3-5-13;/h1-5,12,15H,6-11H2,(H,16,17);1H. The Bertz CT molecular complexity index is 369. The lowest BCUT2D eigenvalue weighted by molar-refractivity contribution is -0.120. The van der Waals surface area contributed by atoms with Gasteiger partial charge in [0, 0.05) is 0 Å². The van der Waals surface area contributed by atoms with Crippen LogP contribution in [0.25, 0.3) is 0 Å². The average molecular weight is 285 g/mol. The molecular weight excluding hydrogens is 264 g/mol. The number of halogens is 1. The number of carbonyl (C=O) groups excluding carboxylic acids is 1. The number of carbonyl (C=O) groups is 1. The predicted molar refractivity (Wildman–Crippen MR) is 77.8 cm³/mol. The maximum atomic E-state index is 11.4. The molecule has 1 aliphatic carbocycles. The molecule has 0 saturated heterocycles. The molecule has 1 aliphatic rings. The van der Waals surface area contributed by atoms with Crippen molar-refractivity contribution in [3.8, 4) is 5.75 Å². The van der Waals surface area contributed by atoms with Crippen molar-refractivity contribution in [1.82, 2.24) is 10.6 Å². The molecule has 1 amide bonds. The van der Waals surface area contributed by atoms with Crippen LogP contribution in [0, 0.1) is 5.92 Å². The van der Waals surface area contributed by atoms with E-state index in [0.29, 0.717) is 19.7 Å². The Kier molecular flexibility index (Phi) is 7.30. The van der Waals surface area contributed by atoms with Crippen LogP contribution in [0.5, 0.6) is 5.75 Å². The van der Waals surface area contributed by atoms with Crippen molar-refractivity contribution in [2.75, 3.05) is 26.2 Å². The Morgan fingerprint density at radius 2 is 2.00 bits per heavy atom. The van der Waals surface area contributed by atoms with Gasteiger partial charge < -0.3 is 15.4 Å². The highest BCUT2D eigenvalue weighted by atomic mass is 35.5. The van der Waals surface area contributed by atoms with Gasteiger partial charge in [-0.1, -0.05) is 18.2 Å². The number of amides is 1. The molecule has 0 aliphatic heterocycles. The smallest absolute Gasteiger partial charge is 0.234 e. The predicted octanol–water partition coefficient (Wildman–Crippen LogP) is 1.60. The third-order valence-electron chi connectivity index (χ3n) is 2.85. The fraction of sp³-hybridized carbons (Fsp3) is 0.500. The van der Waals surface area contributed by atoms with Crippen molar-refractivity contribution in [2.24, 2.45) is 5.92 Å². The van der Waals surface area contributed by atoms with Crippen molar-refractivity contribution >= 4 is 18.3 Å². The lowest BCUT2D eigenvalue weighted by Crippen LogP contribution is -2.36. The van der Waals surface area contributed by atoms with Crippen LogP contribution in [0.15, 0.2) is 30.3 Å². The topological polar surface area (TPSA) is 50.4 Å². The van der Waals surface area contributed by atoms with E-state index in [0.717, 1.165) is 18.2 Å². The third-order valence-corrected chi connectivity index (χ3v) is 2.85. The lowest BCUT2D eigenvalue weighted by atomic mass is 10.3. The minimum absolute atomic E-state index is 0. The normalized spacial score (nSPS) is 13.5. The molecule has 5 heteroatoms. The van der Waals surface area contributed by atoms with E-state index in [9.17, 15) is 4.79 Å². The number of hydrogen-bond acceptors (Lipinski definition) is 3. The van der Waals surface area contributed by atoms with E-state index >= 15 is 0 Å². The molecule has 0 atom stereocenters. The first-order valence-electron chi connectivity index (χ1n) is 6.50. The summed E-state index contributed by atoms with van der Waals surface area (Å²) in [4.78, 5) is 11.4. The maximum Gasteiger partial charge on any atom is 0.234 e. The molecule has 0 aromatic heterocycles. The Morgan fingerprint density at radius 3 is 2.68 bits per heavy atom. The SMILES string of the molecule is Cl.O=C(CNCC1CC1)NCCOc1ccccc1. The first-order valence-corrected chi connectivity index (χ1v) is 6.50. The van der Waals surface area contributed by atoms with Gasteiger partial charge in [0.15, 0.2) is 0 Å². The highest BCUT2D eigenvalue weighted by Gasteiger charge is 2.20. The molecule has 1 aromatic rings. The van der Waals surface area contributed by atoms with Crippen molar-refractivity contribution < 1.29 is 9.53 Å². The first kappa shape index (κ1) is 15.8. The molecule has 19 heavy (non-hydrogen) atoms.